The number of amides is 2. The Bertz CT molecular complexity index is 833. The number of nitrogens with two attached hydrogens (primary N) is 1. The monoisotopic (exact) mass is 433 g/mol. The highest BCUT2D eigenvalue weighted by atomic mass is 79.9. The first-order valence-electron chi connectivity index (χ1n) is 8.60. The van der Waals surface area contributed by atoms with E-state index in [1.165, 1.54) is 0 Å². The second kappa shape index (κ2) is 8.39. The molecule has 1 aromatic carbocycles. The topological polar surface area (TPSA) is 106 Å². The van der Waals surface area contributed by atoms with Crippen LogP contribution in [0.1, 0.15) is 28.8 Å². The molecule has 142 valence electrons. The Morgan fingerprint density at radius 1 is 1.26 bits per heavy atom. The van der Waals surface area contributed by atoms with E-state index in [1.54, 1.807) is 41.4 Å². The van der Waals surface area contributed by atoms with Crippen LogP contribution in [0.3, 0.4) is 0 Å². The number of hydrogen-bond donors (Lipinski definition) is 2. The number of likely N-dealkylation sites (tertiary alicyclic amines) is 1. The highest BCUT2D eigenvalue weighted by molar-refractivity contribution is 9.10. The zero-order chi connectivity index (χ0) is 19.4. The van der Waals surface area contributed by atoms with Gasteiger partial charge in [-0.15, -0.1) is 0 Å². The van der Waals surface area contributed by atoms with E-state index in [4.69, 9.17) is 10.5 Å². The molecule has 3 rings (SSSR count). The molecule has 1 aromatic heterocycles. The van der Waals surface area contributed by atoms with Crippen molar-refractivity contribution in [3.63, 3.8) is 0 Å². The van der Waals surface area contributed by atoms with E-state index in [9.17, 15) is 14.7 Å². The molecule has 0 spiro atoms. The Labute approximate surface area is 165 Å². The minimum Gasteiger partial charge on any atom is -0.508 e. The van der Waals surface area contributed by atoms with E-state index in [1.807, 2.05) is 0 Å². The molecule has 2 aromatic rings. The van der Waals surface area contributed by atoms with Crippen molar-refractivity contribution in [3.8, 4) is 11.6 Å². The van der Waals surface area contributed by atoms with E-state index < -0.39 is 5.91 Å². The molecular formula is C19H20BrN3O4. The van der Waals surface area contributed by atoms with Crippen LogP contribution in [0.25, 0.3) is 0 Å². The van der Waals surface area contributed by atoms with Crippen molar-refractivity contribution in [1.29, 1.82) is 0 Å². The maximum atomic E-state index is 12.4. The van der Waals surface area contributed by atoms with Crippen LogP contribution in [0.5, 0.6) is 11.6 Å². The van der Waals surface area contributed by atoms with Crippen molar-refractivity contribution in [2.24, 2.45) is 5.73 Å². The highest BCUT2D eigenvalue weighted by Gasteiger charge is 2.25. The van der Waals surface area contributed by atoms with Gasteiger partial charge in [-0.2, -0.15) is 0 Å². The third-order valence-electron chi connectivity index (χ3n) is 4.45. The van der Waals surface area contributed by atoms with Crippen molar-refractivity contribution in [2.75, 3.05) is 13.1 Å². The Morgan fingerprint density at radius 3 is 2.56 bits per heavy atom. The van der Waals surface area contributed by atoms with Crippen LogP contribution in [-0.4, -0.2) is 46.0 Å². The molecule has 2 heterocycles. The molecule has 8 heteroatoms. The van der Waals surface area contributed by atoms with Crippen molar-refractivity contribution < 1.29 is 19.4 Å². The Kier molecular flexibility index (Phi) is 5.95. The van der Waals surface area contributed by atoms with Gasteiger partial charge in [0.15, 0.2) is 0 Å². The van der Waals surface area contributed by atoms with Gasteiger partial charge < -0.3 is 20.5 Å². The van der Waals surface area contributed by atoms with E-state index in [0.29, 0.717) is 36.8 Å². The fraction of sp³-hybridized carbons (Fsp3) is 0.316. The minimum absolute atomic E-state index is 0.0405. The van der Waals surface area contributed by atoms with Crippen LogP contribution >= 0.6 is 15.9 Å². The smallest absolute Gasteiger partial charge is 0.254 e. The third kappa shape index (κ3) is 4.97. The van der Waals surface area contributed by atoms with Crippen molar-refractivity contribution >= 4 is 27.7 Å². The number of carbonyl (C=O) groups is 2. The number of phenols is 1. The summed E-state index contributed by atoms with van der Waals surface area (Å²) in [4.78, 5) is 29.9. The lowest BCUT2D eigenvalue weighted by Gasteiger charge is -2.32. The quantitative estimate of drug-likeness (QED) is 0.751. The van der Waals surface area contributed by atoms with Crippen LogP contribution in [0.2, 0.25) is 0 Å². The van der Waals surface area contributed by atoms with Crippen molar-refractivity contribution in [3.05, 3.63) is 52.1 Å². The number of rotatable bonds is 5. The summed E-state index contributed by atoms with van der Waals surface area (Å²) in [7, 11) is 0. The first kappa shape index (κ1) is 19.2. The summed E-state index contributed by atoms with van der Waals surface area (Å²) in [5.41, 5.74) is 6.48. The van der Waals surface area contributed by atoms with Crippen LogP contribution < -0.4 is 10.5 Å². The van der Waals surface area contributed by atoms with Crippen LogP contribution in [0.4, 0.5) is 0 Å². The zero-order valence-electron chi connectivity index (χ0n) is 14.6. The van der Waals surface area contributed by atoms with Gasteiger partial charge in [-0.1, -0.05) is 12.1 Å². The van der Waals surface area contributed by atoms with Gasteiger partial charge in [-0.25, -0.2) is 4.98 Å². The van der Waals surface area contributed by atoms with Gasteiger partial charge >= 0.3 is 0 Å². The largest absolute Gasteiger partial charge is 0.508 e. The van der Waals surface area contributed by atoms with E-state index in [0.717, 1.165) is 5.56 Å². The number of pyridine rings is 1. The van der Waals surface area contributed by atoms with Gasteiger partial charge in [0, 0.05) is 36.6 Å². The summed E-state index contributed by atoms with van der Waals surface area (Å²) in [6, 6.07) is 8.22. The normalized spacial score (nSPS) is 14.8. The number of aromatic hydroxyl groups is 1. The summed E-state index contributed by atoms with van der Waals surface area (Å²) in [6.07, 6.45) is 3.02. The summed E-state index contributed by atoms with van der Waals surface area (Å²) in [5.74, 6) is -0.153. The van der Waals surface area contributed by atoms with Gasteiger partial charge in [0.05, 0.1) is 6.42 Å². The maximum Gasteiger partial charge on any atom is 0.254 e. The standard InChI is InChI=1S/C19H20BrN3O4/c20-13-10-16(18(21)26)19(22-11-13)27-15-5-7-23(8-6-15)17(25)9-12-1-3-14(24)4-2-12/h1-4,10-11,15,24H,5-9H2,(H2,21,26). The SMILES string of the molecule is NC(=O)c1cc(Br)cnc1OC1CCN(C(=O)Cc2ccc(O)cc2)CC1. The first-order chi connectivity index (χ1) is 12.9. The fourth-order valence-electron chi connectivity index (χ4n) is 2.98. The number of carbonyl (C=O) groups excluding carboxylic acids is 2. The van der Waals surface area contributed by atoms with Gasteiger partial charge in [0.2, 0.25) is 11.8 Å². The molecule has 2 amide bonds. The second-order valence-corrected chi connectivity index (χ2v) is 7.33. The highest BCUT2D eigenvalue weighted by Crippen LogP contribution is 2.24. The summed E-state index contributed by atoms with van der Waals surface area (Å²) < 4.78 is 6.51. The predicted octanol–water partition coefficient (Wildman–Crippen LogP) is 2.26. The number of piperidine rings is 1. The molecule has 1 aliphatic heterocycles. The number of halogens is 1. The molecule has 0 atom stereocenters. The van der Waals surface area contributed by atoms with Gasteiger partial charge in [-0.3, -0.25) is 9.59 Å². The molecular weight excluding hydrogens is 414 g/mol. The van der Waals surface area contributed by atoms with Crippen molar-refractivity contribution in [2.45, 2.75) is 25.4 Å². The lowest BCUT2D eigenvalue weighted by atomic mass is 10.1. The van der Waals surface area contributed by atoms with Crippen LogP contribution in [0, 0.1) is 0 Å². The first-order valence-corrected chi connectivity index (χ1v) is 9.39. The second-order valence-electron chi connectivity index (χ2n) is 6.41. The molecule has 0 aliphatic carbocycles. The Hall–Kier alpha value is -2.61. The van der Waals surface area contributed by atoms with Gasteiger partial charge in [0.1, 0.15) is 17.4 Å². The molecule has 0 radical (unpaired) electrons. The fourth-order valence-corrected chi connectivity index (χ4v) is 3.31. The lowest BCUT2D eigenvalue weighted by molar-refractivity contribution is -0.132. The number of aromatic nitrogens is 1. The van der Waals surface area contributed by atoms with E-state index >= 15 is 0 Å². The number of primary amides is 1. The summed E-state index contributed by atoms with van der Waals surface area (Å²) in [5, 5.41) is 9.31. The Balaban J connectivity index is 1.55. The third-order valence-corrected chi connectivity index (χ3v) is 4.88. The summed E-state index contributed by atoms with van der Waals surface area (Å²) >= 11 is 3.26. The number of nitrogens with zero attached hydrogens (tertiary/aromatic N) is 2. The number of benzene rings is 1. The average Bonchev–Trinajstić information content (AvgIpc) is 2.65. The lowest BCUT2D eigenvalue weighted by Crippen LogP contribution is -2.42. The van der Waals surface area contributed by atoms with Crippen LogP contribution in [-0.2, 0) is 11.2 Å². The number of ether oxygens (including phenoxy) is 1. The molecule has 0 bridgehead atoms. The molecule has 27 heavy (non-hydrogen) atoms. The van der Waals surface area contributed by atoms with Gasteiger partial charge in [-0.05, 0) is 39.7 Å². The zero-order valence-corrected chi connectivity index (χ0v) is 16.2. The van der Waals surface area contributed by atoms with Crippen molar-refractivity contribution in [1.82, 2.24) is 9.88 Å². The molecule has 3 N–H and O–H groups in total. The molecule has 0 unspecified atom stereocenters. The predicted molar refractivity (Wildman–Crippen MR) is 102 cm³/mol. The van der Waals surface area contributed by atoms with Crippen LogP contribution in [0.15, 0.2) is 41.0 Å². The molecule has 1 fully saturated rings. The minimum atomic E-state index is -0.597. The number of phenolic OH excluding ortho intramolecular Hbond substituents is 1. The van der Waals surface area contributed by atoms with E-state index in [2.05, 4.69) is 20.9 Å². The molecule has 0 saturated carbocycles. The maximum absolute atomic E-state index is 12.4. The molecule has 7 nitrogen and oxygen atoms in total. The summed E-state index contributed by atoms with van der Waals surface area (Å²) in [6.45, 7) is 1.15. The van der Waals surface area contributed by atoms with Gasteiger partial charge in [0.25, 0.3) is 5.91 Å². The van der Waals surface area contributed by atoms with E-state index in [-0.39, 0.29) is 29.2 Å². The molecule has 1 saturated heterocycles. The number of hydrogen-bond acceptors (Lipinski definition) is 5. The average molecular weight is 434 g/mol. The Morgan fingerprint density at radius 2 is 1.93 bits per heavy atom. The molecule has 1 aliphatic rings.